The number of aryl methyl sites for hydroxylation is 1. The Labute approximate surface area is 55.5 Å². The van der Waals surface area contributed by atoms with Gasteiger partial charge in [0.2, 0.25) is 0 Å². The molecule has 9 heavy (non-hydrogen) atoms. The van der Waals surface area contributed by atoms with Crippen LogP contribution in [0.2, 0.25) is 0 Å². The molecule has 0 unspecified atom stereocenters. The third-order valence-electron chi connectivity index (χ3n) is 1.17. The molecular weight excluding hydrogens is 110 g/mol. The quantitative estimate of drug-likeness (QED) is 0.587. The molecular formula is C8H9N. The van der Waals surface area contributed by atoms with Crippen molar-refractivity contribution in [2.24, 2.45) is 5.73 Å². The van der Waals surface area contributed by atoms with Crippen molar-refractivity contribution >= 4 is 0 Å². The molecule has 1 nitrogen and oxygen atoms in total. The van der Waals surface area contributed by atoms with Crippen LogP contribution < -0.4 is 5.73 Å². The van der Waals surface area contributed by atoms with Crippen molar-refractivity contribution in [1.29, 1.82) is 0 Å². The molecule has 0 aliphatic rings. The summed E-state index contributed by atoms with van der Waals surface area (Å²) >= 11 is 0. The average Bonchev–Trinajstić information content (AvgIpc) is 1.90. The van der Waals surface area contributed by atoms with Gasteiger partial charge in [-0.05, 0) is 24.6 Å². The third kappa shape index (κ3) is 1.45. The molecule has 1 aromatic rings. The summed E-state index contributed by atoms with van der Waals surface area (Å²) in [5.74, 6) is 0. The highest BCUT2D eigenvalue weighted by Gasteiger charge is 1.82. The maximum absolute atomic E-state index is 5.35. The molecule has 0 bridgehead atoms. The second kappa shape index (κ2) is 2.52. The van der Waals surface area contributed by atoms with Gasteiger partial charge < -0.3 is 5.73 Å². The van der Waals surface area contributed by atoms with Crippen molar-refractivity contribution in [3.63, 3.8) is 0 Å². The highest BCUT2D eigenvalue weighted by molar-refractivity contribution is 5.13. The average molecular weight is 119 g/mol. The highest BCUT2D eigenvalue weighted by atomic mass is 14.5. The Morgan fingerprint density at radius 2 is 2.22 bits per heavy atom. The standard InChI is InChI=1S/C8H9N/c1-7-2-4-8(6-9)5-3-7/h2,4H,6,9H2,1H3. The first kappa shape index (κ1) is 6.12. The van der Waals surface area contributed by atoms with Gasteiger partial charge in [0.1, 0.15) is 0 Å². The predicted molar refractivity (Wildman–Crippen MR) is 36.7 cm³/mol. The molecule has 0 amide bonds. The first-order valence-electron chi connectivity index (χ1n) is 2.92. The van der Waals surface area contributed by atoms with Gasteiger partial charge in [-0.15, -0.1) is 0 Å². The molecule has 0 saturated heterocycles. The molecule has 0 radical (unpaired) electrons. The summed E-state index contributed by atoms with van der Waals surface area (Å²) in [5.41, 5.74) is 7.47. The third-order valence-corrected chi connectivity index (χ3v) is 1.17. The summed E-state index contributed by atoms with van der Waals surface area (Å²) in [5, 5.41) is 0. The van der Waals surface area contributed by atoms with Crippen LogP contribution in [0.4, 0.5) is 0 Å². The van der Waals surface area contributed by atoms with Crippen molar-refractivity contribution in [3.05, 3.63) is 35.4 Å². The maximum atomic E-state index is 5.35. The number of rotatable bonds is 1. The SMILES string of the molecule is Cc1c#cc(CN)cc1. The lowest BCUT2D eigenvalue weighted by atomic mass is 10.2. The van der Waals surface area contributed by atoms with Gasteiger partial charge in [-0.25, -0.2) is 0 Å². The Morgan fingerprint density at radius 1 is 1.44 bits per heavy atom. The molecule has 0 spiro atoms. The van der Waals surface area contributed by atoms with Crippen LogP contribution in [-0.2, 0) is 6.54 Å². The molecule has 0 heterocycles. The lowest BCUT2D eigenvalue weighted by Gasteiger charge is -1.88. The second-order valence-electron chi connectivity index (χ2n) is 2.00. The zero-order valence-electron chi connectivity index (χ0n) is 5.44. The molecule has 2 N–H and O–H groups in total. The van der Waals surface area contributed by atoms with Gasteiger partial charge in [-0.3, -0.25) is 0 Å². The molecule has 0 saturated carbocycles. The Hall–Kier alpha value is -1.00. The van der Waals surface area contributed by atoms with Gasteiger partial charge >= 0.3 is 0 Å². The summed E-state index contributed by atoms with van der Waals surface area (Å²) in [6.07, 6.45) is 0. The largest absolute Gasteiger partial charge is 0.326 e. The summed E-state index contributed by atoms with van der Waals surface area (Å²) < 4.78 is 0. The number of hydrogen-bond donors (Lipinski definition) is 1. The molecule has 0 fully saturated rings. The van der Waals surface area contributed by atoms with Crippen LogP contribution in [0.25, 0.3) is 0 Å². The van der Waals surface area contributed by atoms with Crippen LogP contribution in [0.3, 0.4) is 0 Å². The van der Waals surface area contributed by atoms with Crippen molar-refractivity contribution in [3.8, 4) is 0 Å². The van der Waals surface area contributed by atoms with E-state index in [9.17, 15) is 0 Å². The van der Waals surface area contributed by atoms with Gasteiger partial charge in [0.25, 0.3) is 0 Å². The van der Waals surface area contributed by atoms with E-state index in [4.69, 9.17) is 5.73 Å². The highest BCUT2D eigenvalue weighted by Crippen LogP contribution is 1.94. The molecule has 0 aromatic heterocycles. The predicted octanol–water partition coefficient (Wildman–Crippen LogP) is 1.05. The molecule has 46 valence electrons. The molecule has 0 atom stereocenters. The van der Waals surface area contributed by atoms with E-state index in [2.05, 4.69) is 12.1 Å². The molecule has 0 aliphatic heterocycles. The van der Waals surface area contributed by atoms with E-state index in [0.29, 0.717) is 6.54 Å². The van der Waals surface area contributed by atoms with Gasteiger partial charge in [-0.2, -0.15) is 0 Å². The van der Waals surface area contributed by atoms with E-state index < -0.39 is 0 Å². The minimum absolute atomic E-state index is 0.552. The minimum atomic E-state index is 0.552. The Kier molecular flexibility index (Phi) is 1.72. The van der Waals surface area contributed by atoms with Crippen LogP contribution >= 0.6 is 0 Å². The van der Waals surface area contributed by atoms with Gasteiger partial charge in [-0.1, -0.05) is 12.1 Å². The summed E-state index contributed by atoms with van der Waals surface area (Å²) in [7, 11) is 0. The molecule has 1 aromatic carbocycles. The lowest BCUT2D eigenvalue weighted by molar-refractivity contribution is 1.07. The van der Waals surface area contributed by atoms with E-state index in [1.54, 1.807) is 0 Å². The van der Waals surface area contributed by atoms with E-state index in [-0.39, 0.29) is 0 Å². The fourth-order valence-electron chi connectivity index (χ4n) is 0.607. The van der Waals surface area contributed by atoms with Crippen molar-refractivity contribution in [2.75, 3.05) is 0 Å². The van der Waals surface area contributed by atoms with Crippen LogP contribution in [0.1, 0.15) is 11.1 Å². The fraction of sp³-hybridized carbons (Fsp3) is 0.250. The van der Waals surface area contributed by atoms with E-state index in [1.807, 2.05) is 19.1 Å². The van der Waals surface area contributed by atoms with E-state index in [0.717, 1.165) is 11.1 Å². The topological polar surface area (TPSA) is 26.0 Å². The van der Waals surface area contributed by atoms with Crippen molar-refractivity contribution < 1.29 is 0 Å². The fourth-order valence-corrected chi connectivity index (χ4v) is 0.607. The number of hydrogen-bond acceptors (Lipinski definition) is 1. The Morgan fingerprint density at radius 3 is 2.67 bits per heavy atom. The first-order valence-corrected chi connectivity index (χ1v) is 2.92. The Balaban J connectivity index is 2.88. The molecule has 1 heteroatoms. The monoisotopic (exact) mass is 119 g/mol. The lowest BCUT2D eigenvalue weighted by Crippen LogP contribution is -1.93. The summed E-state index contributed by atoms with van der Waals surface area (Å²) in [6.45, 7) is 2.54. The van der Waals surface area contributed by atoms with Crippen LogP contribution in [0.15, 0.2) is 12.1 Å². The minimum Gasteiger partial charge on any atom is -0.326 e. The van der Waals surface area contributed by atoms with Crippen LogP contribution in [0.5, 0.6) is 0 Å². The first-order chi connectivity index (χ1) is 4.33. The second-order valence-corrected chi connectivity index (χ2v) is 2.00. The Bertz CT molecular complexity index is 176. The van der Waals surface area contributed by atoms with Crippen molar-refractivity contribution in [1.82, 2.24) is 0 Å². The van der Waals surface area contributed by atoms with Gasteiger partial charge in [0.15, 0.2) is 0 Å². The smallest absolute Gasteiger partial charge is 0.0259 e. The number of nitrogens with two attached hydrogens (primary N) is 1. The molecule has 0 aliphatic carbocycles. The van der Waals surface area contributed by atoms with E-state index >= 15 is 0 Å². The summed E-state index contributed by atoms with van der Waals surface area (Å²) in [6, 6.07) is 9.83. The van der Waals surface area contributed by atoms with Gasteiger partial charge in [0, 0.05) is 12.1 Å². The van der Waals surface area contributed by atoms with Crippen molar-refractivity contribution in [2.45, 2.75) is 13.5 Å². The van der Waals surface area contributed by atoms with Crippen LogP contribution in [-0.4, -0.2) is 0 Å². The molecule has 1 rings (SSSR count). The zero-order valence-corrected chi connectivity index (χ0v) is 5.44. The maximum Gasteiger partial charge on any atom is 0.0259 e. The van der Waals surface area contributed by atoms with Crippen LogP contribution in [0, 0.1) is 19.1 Å². The summed E-state index contributed by atoms with van der Waals surface area (Å²) in [4.78, 5) is 0. The van der Waals surface area contributed by atoms with Gasteiger partial charge in [0.05, 0.1) is 0 Å². The normalized spacial score (nSPS) is 8.67. The van der Waals surface area contributed by atoms with E-state index in [1.165, 1.54) is 0 Å². The zero-order chi connectivity index (χ0) is 6.69.